The fourth-order valence-electron chi connectivity index (χ4n) is 3.71. The van der Waals surface area contributed by atoms with Crippen molar-refractivity contribution in [3.05, 3.63) is 106 Å². The number of hydrogen-bond donors (Lipinski definition) is 1. The number of aromatic nitrogens is 1. The van der Waals surface area contributed by atoms with Crippen LogP contribution >= 0.6 is 11.3 Å². The number of para-hydroxylation sites is 2. The Balaban J connectivity index is 1.67. The van der Waals surface area contributed by atoms with E-state index < -0.39 is 0 Å². The molecule has 1 aliphatic heterocycles. The van der Waals surface area contributed by atoms with Crippen LogP contribution in [-0.4, -0.2) is 15.9 Å². The summed E-state index contributed by atoms with van der Waals surface area (Å²) in [6.07, 6.45) is 3.84. The van der Waals surface area contributed by atoms with Gasteiger partial charge < -0.3 is 5.11 Å². The van der Waals surface area contributed by atoms with Crippen LogP contribution in [0.5, 0.6) is 5.88 Å². The standard InChI is InChI=1S/C26H21N3OS/c1-18(19-10-4-2-5-11-19)29-25(30)24(31-26(29)28-21-12-6-3-7-13-21)16-20-17-27-23-15-9-8-14-22(20)23/h2-18,30H,1H3/t18-/m1/s1. The molecule has 4 aromatic rings. The van der Waals surface area contributed by atoms with Crippen LogP contribution in [0.3, 0.4) is 0 Å². The second-order valence-electron chi connectivity index (χ2n) is 7.35. The minimum absolute atomic E-state index is 0.0726. The first-order valence-corrected chi connectivity index (χ1v) is 11.0. The first-order chi connectivity index (χ1) is 15.2. The van der Waals surface area contributed by atoms with Gasteiger partial charge in [0.2, 0.25) is 5.88 Å². The third-order valence-corrected chi connectivity index (χ3v) is 6.34. The van der Waals surface area contributed by atoms with Crippen molar-refractivity contribution in [2.45, 2.75) is 13.0 Å². The summed E-state index contributed by atoms with van der Waals surface area (Å²) in [6.45, 7) is 2.08. The lowest BCUT2D eigenvalue weighted by Crippen LogP contribution is -2.19. The molecule has 31 heavy (non-hydrogen) atoms. The molecule has 2 heterocycles. The van der Waals surface area contributed by atoms with Crippen LogP contribution in [0.15, 0.2) is 94.9 Å². The van der Waals surface area contributed by atoms with Gasteiger partial charge >= 0.3 is 0 Å². The predicted octanol–water partition coefficient (Wildman–Crippen LogP) is 6.35. The van der Waals surface area contributed by atoms with Crippen molar-refractivity contribution >= 4 is 40.6 Å². The summed E-state index contributed by atoms with van der Waals surface area (Å²) < 4.78 is 1.90. The molecule has 5 rings (SSSR count). The minimum Gasteiger partial charge on any atom is -0.493 e. The molecule has 0 aliphatic carbocycles. The van der Waals surface area contributed by atoms with E-state index in [0.29, 0.717) is 0 Å². The highest BCUT2D eigenvalue weighted by molar-refractivity contribution is 7.10. The Bertz CT molecular complexity index is 1350. The number of aliphatic imine (C=N–C) groups is 1. The molecule has 0 saturated carbocycles. The van der Waals surface area contributed by atoms with Crippen molar-refractivity contribution < 1.29 is 5.11 Å². The number of fused-ring (bicyclic) bond motifs is 1. The van der Waals surface area contributed by atoms with Gasteiger partial charge in [-0.15, -0.1) is 0 Å². The van der Waals surface area contributed by atoms with Crippen LogP contribution in [0, 0.1) is 0 Å². The van der Waals surface area contributed by atoms with Crippen molar-refractivity contribution in [2.24, 2.45) is 9.98 Å². The van der Waals surface area contributed by atoms with Crippen LogP contribution in [0.25, 0.3) is 11.6 Å². The summed E-state index contributed by atoms with van der Waals surface area (Å²) in [6, 6.07) is 27.9. The lowest BCUT2D eigenvalue weighted by molar-refractivity contribution is 0.400. The average molecular weight is 424 g/mol. The van der Waals surface area contributed by atoms with E-state index in [-0.39, 0.29) is 11.9 Å². The second-order valence-corrected chi connectivity index (χ2v) is 8.36. The van der Waals surface area contributed by atoms with E-state index in [1.54, 1.807) is 0 Å². The first-order valence-electron chi connectivity index (χ1n) is 10.1. The molecular formula is C26H21N3OS. The molecule has 0 unspecified atom stereocenters. The molecule has 4 nitrogen and oxygen atoms in total. The lowest BCUT2D eigenvalue weighted by atomic mass is 10.1. The van der Waals surface area contributed by atoms with E-state index in [1.807, 2.05) is 83.6 Å². The fraction of sp³-hybridized carbons (Fsp3) is 0.0769. The zero-order valence-corrected chi connectivity index (χ0v) is 17.8. The van der Waals surface area contributed by atoms with Gasteiger partial charge in [-0.25, -0.2) is 4.99 Å². The Morgan fingerprint density at radius 1 is 0.935 bits per heavy atom. The number of allylic oxidation sites excluding steroid dienone is 1. The van der Waals surface area contributed by atoms with Gasteiger partial charge in [0, 0.05) is 17.4 Å². The van der Waals surface area contributed by atoms with Crippen molar-refractivity contribution in [2.75, 3.05) is 0 Å². The third-order valence-electron chi connectivity index (χ3n) is 5.35. The Labute approximate surface area is 184 Å². The maximum atomic E-state index is 11.3. The second kappa shape index (κ2) is 8.20. The van der Waals surface area contributed by atoms with Gasteiger partial charge in [-0.2, -0.15) is 0 Å². The Hall–Kier alpha value is -3.70. The van der Waals surface area contributed by atoms with E-state index in [9.17, 15) is 5.11 Å². The summed E-state index contributed by atoms with van der Waals surface area (Å²) >= 11 is 1.47. The highest BCUT2D eigenvalue weighted by Gasteiger charge is 2.19. The predicted molar refractivity (Wildman–Crippen MR) is 128 cm³/mol. The Kier molecular flexibility index (Phi) is 5.10. The molecule has 0 radical (unpaired) electrons. The maximum Gasteiger partial charge on any atom is 0.211 e. The van der Waals surface area contributed by atoms with Crippen LogP contribution in [0.1, 0.15) is 29.0 Å². The van der Waals surface area contributed by atoms with E-state index in [1.165, 1.54) is 11.3 Å². The van der Waals surface area contributed by atoms with Crippen LogP contribution < -0.4 is 4.80 Å². The van der Waals surface area contributed by atoms with Gasteiger partial charge in [0.1, 0.15) is 0 Å². The van der Waals surface area contributed by atoms with E-state index in [2.05, 4.69) is 30.1 Å². The Morgan fingerprint density at radius 3 is 2.39 bits per heavy atom. The quantitative estimate of drug-likeness (QED) is 0.408. The summed E-state index contributed by atoms with van der Waals surface area (Å²) in [5.74, 6) is 0.210. The molecule has 152 valence electrons. The third kappa shape index (κ3) is 3.76. The minimum atomic E-state index is -0.0726. The van der Waals surface area contributed by atoms with E-state index >= 15 is 0 Å². The van der Waals surface area contributed by atoms with Crippen LogP contribution in [0.2, 0.25) is 0 Å². The largest absolute Gasteiger partial charge is 0.493 e. The summed E-state index contributed by atoms with van der Waals surface area (Å²) in [5, 5.41) is 11.3. The number of aromatic hydroxyl groups is 1. The zero-order chi connectivity index (χ0) is 21.2. The summed E-state index contributed by atoms with van der Waals surface area (Å²) in [4.78, 5) is 10.8. The average Bonchev–Trinajstić information content (AvgIpc) is 3.36. The van der Waals surface area contributed by atoms with Gasteiger partial charge in [0.25, 0.3) is 0 Å². The van der Waals surface area contributed by atoms with Crippen molar-refractivity contribution in [1.29, 1.82) is 0 Å². The molecule has 0 fully saturated rings. The number of hydrogen-bond acceptors (Lipinski definition) is 4. The molecule has 0 bridgehead atoms. The number of nitrogens with zero attached hydrogens (tertiary/aromatic N) is 3. The lowest BCUT2D eigenvalue weighted by Gasteiger charge is -2.15. The maximum absolute atomic E-state index is 11.3. The summed E-state index contributed by atoms with van der Waals surface area (Å²) in [5.41, 5.74) is 4.96. The molecule has 0 amide bonds. The van der Waals surface area contributed by atoms with Crippen LogP contribution in [-0.2, 0) is 0 Å². The van der Waals surface area contributed by atoms with Crippen LogP contribution in [0.4, 0.5) is 11.4 Å². The highest BCUT2D eigenvalue weighted by atomic mass is 32.1. The van der Waals surface area contributed by atoms with Crippen molar-refractivity contribution in [1.82, 2.24) is 4.57 Å². The fourth-order valence-corrected chi connectivity index (χ4v) is 4.78. The molecule has 1 aliphatic rings. The normalized spacial score (nSPS) is 15.4. The molecule has 0 spiro atoms. The van der Waals surface area contributed by atoms with Crippen molar-refractivity contribution in [3.63, 3.8) is 0 Å². The van der Waals surface area contributed by atoms with Crippen molar-refractivity contribution in [3.8, 4) is 5.88 Å². The van der Waals surface area contributed by atoms with Gasteiger partial charge in [-0.05, 0) is 36.8 Å². The SMILES string of the molecule is C[C@H](c1ccccc1)n1c(O)c(C=C2C=Nc3ccccc32)sc1=Nc1ccccc1. The zero-order valence-electron chi connectivity index (χ0n) is 17.0. The van der Waals surface area contributed by atoms with Gasteiger partial charge in [-0.1, -0.05) is 78.1 Å². The van der Waals surface area contributed by atoms with E-state index in [0.717, 1.165) is 37.8 Å². The monoisotopic (exact) mass is 423 g/mol. The van der Waals surface area contributed by atoms with E-state index in [4.69, 9.17) is 4.99 Å². The smallest absolute Gasteiger partial charge is 0.211 e. The molecule has 1 aromatic heterocycles. The molecule has 1 atom stereocenters. The molecule has 5 heteroatoms. The number of rotatable bonds is 4. The number of thiazole rings is 1. The first kappa shape index (κ1) is 19.3. The molecule has 0 saturated heterocycles. The molecule has 1 N–H and O–H groups in total. The van der Waals surface area contributed by atoms with Gasteiger partial charge in [0.05, 0.1) is 22.3 Å². The Morgan fingerprint density at radius 2 is 1.61 bits per heavy atom. The molecule has 3 aromatic carbocycles. The highest BCUT2D eigenvalue weighted by Crippen LogP contribution is 2.35. The topological polar surface area (TPSA) is 49.9 Å². The van der Waals surface area contributed by atoms with Gasteiger partial charge in [0.15, 0.2) is 4.80 Å². The summed E-state index contributed by atoms with van der Waals surface area (Å²) in [7, 11) is 0. The van der Waals surface area contributed by atoms with Gasteiger partial charge in [-0.3, -0.25) is 9.56 Å². The molecular weight excluding hydrogens is 402 g/mol. The number of benzene rings is 3.